The number of para-hydroxylation sites is 1. The maximum absolute atomic E-state index is 10.8. The number of hydrogen-bond acceptors (Lipinski definition) is 8. The number of methoxy groups -OCH3 is 2. The van der Waals surface area contributed by atoms with Crippen LogP contribution in [-0.4, -0.2) is 64.1 Å². The number of aromatic nitrogens is 3. The van der Waals surface area contributed by atoms with E-state index in [0.29, 0.717) is 33.7 Å². The van der Waals surface area contributed by atoms with Gasteiger partial charge in [0.2, 0.25) is 10.8 Å². The maximum Gasteiger partial charge on any atom is 0.230 e. The third-order valence-electron chi connectivity index (χ3n) is 4.18. The fourth-order valence-corrected chi connectivity index (χ4v) is 4.20. The average molecular weight is 378 g/mol. The van der Waals surface area contributed by atoms with Crippen molar-refractivity contribution in [3.05, 3.63) is 34.5 Å². The lowest BCUT2D eigenvalue weighted by molar-refractivity contribution is 0.194. The van der Waals surface area contributed by atoms with Gasteiger partial charge in [0.05, 0.1) is 31.7 Å². The number of rotatable bonds is 7. The van der Waals surface area contributed by atoms with Crippen molar-refractivity contribution >= 4 is 16.3 Å². The zero-order valence-corrected chi connectivity index (χ0v) is 15.9. The average Bonchev–Trinajstić information content (AvgIpc) is 3.13. The van der Waals surface area contributed by atoms with Crippen molar-refractivity contribution in [1.82, 2.24) is 19.5 Å². The molecule has 2 heterocycles. The summed E-state index contributed by atoms with van der Waals surface area (Å²) in [5.74, 6) is 1.81. The van der Waals surface area contributed by atoms with Gasteiger partial charge in [-0.3, -0.25) is 4.90 Å². The lowest BCUT2D eigenvalue weighted by Crippen LogP contribution is -2.28. The highest BCUT2D eigenvalue weighted by atomic mass is 32.1. The van der Waals surface area contributed by atoms with Crippen LogP contribution < -0.4 is 9.47 Å². The van der Waals surface area contributed by atoms with Crippen LogP contribution in [-0.2, 0) is 0 Å². The summed E-state index contributed by atoms with van der Waals surface area (Å²) >= 11 is 1.35. The number of aryl methyl sites for hydroxylation is 1. The second kappa shape index (κ2) is 7.48. The van der Waals surface area contributed by atoms with E-state index >= 15 is 0 Å². The second-order valence-electron chi connectivity index (χ2n) is 5.83. The van der Waals surface area contributed by atoms with Crippen molar-refractivity contribution in [1.29, 1.82) is 0 Å². The van der Waals surface area contributed by atoms with Crippen molar-refractivity contribution in [3.8, 4) is 17.4 Å². The first-order valence-corrected chi connectivity index (χ1v) is 8.90. The predicted molar refractivity (Wildman–Crippen MR) is 98.4 cm³/mol. The van der Waals surface area contributed by atoms with E-state index in [1.165, 1.54) is 15.9 Å². The van der Waals surface area contributed by atoms with Gasteiger partial charge in [0.15, 0.2) is 11.5 Å². The molecule has 2 aromatic heterocycles. The summed E-state index contributed by atoms with van der Waals surface area (Å²) in [5.41, 5.74) is 0.819. The summed E-state index contributed by atoms with van der Waals surface area (Å²) in [4.78, 5) is 7.56. The van der Waals surface area contributed by atoms with Gasteiger partial charge in [0.1, 0.15) is 5.82 Å². The normalized spacial score (nSPS) is 12.7. The Morgan fingerprint density at radius 2 is 2.08 bits per heavy atom. The van der Waals surface area contributed by atoms with Crippen molar-refractivity contribution < 1.29 is 19.7 Å². The predicted octanol–water partition coefficient (Wildman–Crippen LogP) is 1.84. The van der Waals surface area contributed by atoms with Gasteiger partial charge in [-0.25, -0.2) is 4.98 Å². The minimum Gasteiger partial charge on any atom is -0.493 e. The number of aliphatic hydroxyl groups is 1. The van der Waals surface area contributed by atoms with Crippen LogP contribution >= 0.6 is 11.3 Å². The van der Waals surface area contributed by atoms with E-state index in [4.69, 9.17) is 9.47 Å². The highest BCUT2D eigenvalue weighted by molar-refractivity contribution is 7.17. The van der Waals surface area contributed by atoms with Crippen LogP contribution in [0.5, 0.6) is 17.4 Å². The molecule has 0 spiro atoms. The van der Waals surface area contributed by atoms with E-state index in [1.54, 1.807) is 21.1 Å². The van der Waals surface area contributed by atoms with Crippen molar-refractivity contribution in [2.45, 2.75) is 13.0 Å². The highest BCUT2D eigenvalue weighted by Crippen LogP contribution is 2.44. The zero-order chi connectivity index (χ0) is 18.8. The first kappa shape index (κ1) is 18.4. The summed E-state index contributed by atoms with van der Waals surface area (Å²) in [5, 5.41) is 24.4. The summed E-state index contributed by atoms with van der Waals surface area (Å²) in [6, 6.07) is 5.24. The smallest absolute Gasteiger partial charge is 0.230 e. The number of aliphatic hydroxyl groups excluding tert-OH is 1. The quantitative estimate of drug-likeness (QED) is 0.648. The van der Waals surface area contributed by atoms with E-state index in [9.17, 15) is 10.2 Å². The minimum absolute atomic E-state index is 0.0140. The Bertz CT molecular complexity index is 908. The number of aromatic hydroxyl groups is 1. The molecular weight excluding hydrogens is 356 g/mol. The molecule has 26 heavy (non-hydrogen) atoms. The van der Waals surface area contributed by atoms with E-state index in [0.717, 1.165) is 5.56 Å². The Kier molecular flexibility index (Phi) is 5.30. The Hall–Kier alpha value is -2.36. The van der Waals surface area contributed by atoms with Gasteiger partial charge >= 0.3 is 0 Å². The molecule has 1 atom stereocenters. The van der Waals surface area contributed by atoms with Crippen molar-refractivity contribution in [2.24, 2.45) is 0 Å². The van der Waals surface area contributed by atoms with Crippen molar-refractivity contribution in [2.75, 3.05) is 34.4 Å². The molecule has 0 aliphatic carbocycles. The van der Waals surface area contributed by atoms with Crippen LogP contribution in [0.1, 0.15) is 22.3 Å². The molecule has 0 saturated carbocycles. The summed E-state index contributed by atoms with van der Waals surface area (Å²) in [6.07, 6.45) is 0. The Labute approximate surface area is 155 Å². The van der Waals surface area contributed by atoms with Crippen LogP contribution in [0.2, 0.25) is 0 Å². The lowest BCUT2D eigenvalue weighted by atomic mass is 10.0. The first-order valence-electron chi connectivity index (χ1n) is 8.08. The summed E-state index contributed by atoms with van der Waals surface area (Å²) in [6.45, 7) is 2.18. The molecule has 0 radical (unpaired) electrons. The fourth-order valence-electron chi connectivity index (χ4n) is 3.02. The molecule has 0 bridgehead atoms. The molecule has 8 nitrogen and oxygen atoms in total. The first-order chi connectivity index (χ1) is 12.5. The highest BCUT2D eigenvalue weighted by Gasteiger charge is 2.30. The van der Waals surface area contributed by atoms with E-state index < -0.39 is 0 Å². The third-order valence-corrected chi connectivity index (χ3v) is 5.25. The second-order valence-corrected chi connectivity index (χ2v) is 6.84. The minimum atomic E-state index is -0.360. The van der Waals surface area contributed by atoms with Crippen LogP contribution in [0.4, 0.5) is 0 Å². The molecule has 3 aromatic rings. The van der Waals surface area contributed by atoms with Crippen LogP contribution in [0.15, 0.2) is 18.2 Å². The van der Waals surface area contributed by atoms with Gasteiger partial charge < -0.3 is 19.7 Å². The Morgan fingerprint density at radius 3 is 2.69 bits per heavy atom. The molecule has 140 valence electrons. The van der Waals surface area contributed by atoms with Gasteiger partial charge in [-0.2, -0.15) is 4.52 Å². The van der Waals surface area contributed by atoms with E-state index in [1.807, 2.05) is 30.1 Å². The molecule has 3 rings (SSSR count). The summed E-state index contributed by atoms with van der Waals surface area (Å²) in [7, 11) is 5.04. The van der Waals surface area contributed by atoms with Gasteiger partial charge in [-0.1, -0.05) is 23.5 Å². The van der Waals surface area contributed by atoms with Gasteiger partial charge in [0.25, 0.3) is 0 Å². The van der Waals surface area contributed by atoms with Crippen molar-refractivity contribution in [3.63, 3.8) is 0 Å². The molecule has 1 unspecified atom stereocenters. The maximum atomic E-state index is 10.8. The lowest BCUT2D eigenvalue weighted by Gasteiger charge is -2.28. The molecular formula is C17H22N4O4S. The third kappa shape index (κ3) is 3.09. The van der Waals surface area contributed by atoms with E-state index in [2.05, 4.69) is 10.1 Å². The molecule has 0 amide bonds. The zero-order valence-electron chi connectivity index (χ0n) is 15.1. The standard InChI is InChI=1S/C17H22N4O4S/c1-10-18-17-21(19-10)16(23)15(26-17)13(20(2)8-9-22)11-6-5-7-12(24-3)14(11)25-4/h5-7,13,22-23H,8-9H2,1-4H3. The fraction of sp³-hybridized carbons (Fsp3) is 0.412. The monoisotopic (exact) mass is 378 g/mol. The van der Waals surface area contributed by atoms with Gasteiger partial charge in [0, 0.05) is 12.1 Å². The number of thiazole rings is 1. The molecule has 2 N–H and O–H groups in total. The largest absolute Gasteiger partial charge is 0.493 e. The molecule has 0 fully saturated rings. The number of benzene rings is 1. The number of fused-ring (bicyclic) bond motifs is 1. The molecule has 0 saturated heterocycles. The molecule has 0 aliphatic rings. The number of likely N-dealkylation sites (N-methyl/N-ethyl adjacent to an activating group) is 1. The Morgan fingerprint density at radius 1 is 1.31 bits per heavy atom. The van der Waals surface area contributed by atoms with Gasteiger partial charge in [-0.15, -0.1) is 5.10 Å². The van der Waals surface area contributed by atoms with E-state index in [-0.39, 0.29) is 18.5 Å². The molecule has 1 aromatic carbocycles. The van der Waals surface area contributed by atoms with Crippen LogP contribution in [0.3, 0.4) is 0 Å². The topological polar surface area (TPSA) is 92.4 Å². The van der Waals surface area contributed by atoms with Gasteiger partial charge in [-0.05, 0) is 20.0 Å². The number of nitrogens with zero attached hydrogens (tertiary/aromatic N) is 4. The molecule has 0 aliphatic heterocycles. The number of ether oxygens (including phenoxy) is 2. The number of hydrogen-bond donors (Lipinski definition) is 2. The van der Waals surface area contributed by atoms with Crippen LogP contribution in [0.25, 0.3) is 4.96 Å². The SMILES string of the molecule is COc1cccc(C(c2sc3nc(C)nn3c2O)N(C)CCO)c1OC. The summed E-state index contributed by atoms with van der Waals surface area (Å²) < 4.78 is 12.4. The Balaban J connectivity index is 2.20. The van der Waals surface area contributed by atoms with Crippen LogP contribution in [0, 0.1) is 6.92 Å². The molecule has 9 heteroatoms.